The van der Waals surface area contributed by atoms with Crippen LogP contribution in [-0.2, 0) is 0 Å². The van der Waals surface area contributed by atoms with Crippen molar-refractivity contribution >= 4 is 11.4 Å². The fourth-order valence-electron chi connectivity index (χ4n) is 1.36. The maximum absolute atomic E-state index is 13.2. The highest BCUT2D eigenvalue weighted by molar-refractivity contribution is 5.53. The van der Waals surface area contributed by atoms with Gasteiger partial charge in [0.25, 0.3) is 5.69 Å². The summed E-state index contributed by atoms with van der Waals surface area (Å²) in [5, 5.41) is 10.6. The Morgan fingerprint density at radius 2 is 1.88 bits per heavy atom. The Morgan fingerprint density at radius 3 is 2.41 bits per heavy atom. The third kappa shape index (κ3) is 3.99. The normalized spacial score (nSPS) is 10.6. The number of nitrogens with zero attached hydrogens (tertiary/aromatic N) is 3. The van der Waals surface area contributed by atoms with E-state index < -0.39 is 10.7 Å². The van der Waals surface area contributed by atoms with E-state index in [9.17, 15) is 14.5 Å². The van der Waals surface area contributed by atoms with Crippen molar-refractivity contribution in [2.45, 2.75) is 0 Å². The molecule has 0 amide bonds. The van der Waals surface area contributed by atoms with Gasteiger partial charge in [0.05, 0.1) is 11.0 Å². The molecular formula is C11H16FN3O2. The second-order valence-corrected chi connectivity index (χ2v) is 4.15. The van der Waals surface area contributed by atoms with Gasteiger partial charge in [-0.3, -0.25) is 10.1 Å². The minimum atomic E-state index is -0.592. The van der Waals surface area contributed by atoms with E-state index in [1.165, 1.54) is 12.1 Å². The molecule has 0 atom stereocenters. The maximum atomic E-state index is 13.2. The summed E-state index contributed by atoms with van der Waals surface area (Å²) in [6, 6.07) is 3.59. The van der Waals surface area contributed by atoms with Crippen molar-refractivity contribution in [1.82, 2.24) is 4.90 Å². The first-order valence-electron chi connectivity index (χ1n) is 5.21. The number of nitro benzene ring substituents is 1. The number of hydrogen-bond acceptors (Lipinski definition) is 4. The van der Waals surface area contributed by atoms with Crippen LogP contribution in [-0.4, -0.2) is 44.1 Å². The number of benzene rings is 1. The summed E-state index contributed by atoms with van der Waals surface area (Å²) >= 11 is 0. The highest BCUT2D eigenvalue weighted by Gasteiger charge is 2.12. The first-order chi connectivity index (χ1) is 7.90. The summed E-state index contributed by atoms with van der Waals surface area (Å²) in [6.45, 7) is 1.47. The predicted octanol–water partition coefficient (Wildman–Crippen LogP) is 1.73. The average Bonchev–Trinajstić information content (AvgIpc) is 2.24. The van der Waals surface area contributed by atoms with Gasteiger partial charge in [0.15, 0.2) is 0 Å². The lowest BCUT2D eigenvalue weighted by Gasteiger charge is -2.21. The Morgan fingerprint density at radius 1 is 1.24 bits per heavy atom. The number of non-ortho nitro benzene ring substituents is 1. The molecule has 0 bridgehead atoms. The number of hydrogen-bond donors (Lipinski definition) is 0. The molecule has 0 aliphatic carbocycles. The molecule has 94 valence electrons. The topological polar surface area (TPSA) is 49.6 Å². The zero-order chi connectivity index (χ0) is 13.0. The van der Waals surface area contributed by atoms with Crippen LogP contribution in [0.3, 0.4) is 0 Å². The quantitative estimate of drug-likeness (QED) is 0.582. The second-order valence-electron chi connectivity index (χ2n) is 4.15. The SMILES string of the molecule is CN(C)CCN(C)c1cc(F)cc([N+](=O)[O-])c1. The van der Waals surface area contributed by atoms with Crippen LogP contribution in [0.2, 0.25) is 0 Å². The fraction of sp³-hybridized carbons (Fsp3) is 0.455. The van der Waals surface area contributed by atoms with Crippen molar-refractivity contribution in [1.29, 1.82) is 0 Å². The first kappa shape index (κ1) is 13.4. The maximum Gasteiger partial charge on any atom is 0.274 e. The van der Waals surface area contributed by atoms with Crippen LogP contribution >= 0.6 is 0 Å². The van der Waals surface area contributed by atoms with E-state index in [1.54, 1.807) is 11.9 Å². The van der Waals surface area contributed by atoms with Crippen molar-refractivity contribution in [3.8, 4) is 0 Å². The highest BCUT2D eigenvalue weighted by atomic mass is 19.1. The minimum Gasteiger partial charge on any atom is -0.373 e. The highest BCUT2D eigenvalue weighted by Crippen LogP contribution is 2.22. The van der Waals surface area contributed by atoms with Gasteiger partial charge < -0.3 is 9.80 Å². The first-order valence-corrected chi connectivity index (χ1v) is 5.21. The molecule has 0 aliphatic heterocycles. The zero-order valence-electron chi connectivity index (χ0n) is 10.2. The summed E-state index contributed by atoms with van der Waals surface area (Å²) in [5.74, 6) is -0.592. The van der Waals surface area contributed by atoms with E-state index in [4.69, 9.17) is 0 Å². The van der Waals surface area contributed by atoms with Gasteiger partial charge in [0, 0.05) is 31.9 Å². The van der Waals surface area contributed by atoms with Gasteiger partial charge in [-0.2, -0.15) is 0 Å². The molecule has 1 aromatic rings. The molecule has 0 radical (unpaired) electrons. The van der Waals surface area contributed by atoms with Crippen LogP contribution < -0.4 is 4.90 Å². The lowest BCUT2D eigenvalue weighted by molar-refractivity contribution is -0.385. The molecule has 0 fully saturated rings. The van der Waals surface area contributed by atoms with Crippen molar-refractivity contribution in [2.24, 2.45) is 0 Å². The third-order valence-electron chi connectivity index (χ3n) is 2.40. The smallest absolute Gasteiger partial charge is 0.274 e. The molecule has 5 nitrogen and oxygen atoms in total. The Kier molecular flexibility index (Phi) is 4.39. The standard InChI is InChI=1S/C11H16FN3O2/c1-13(2)4-5-14(3)10-6-9(12)7-11(8-10)15(16)17/h6-8H,4-5H2,1-3H3. The summed E-state index contributed by atoms with van der Waals surface area (Å²) in [6.07, 6.45) is 0. The summed E-state index contributed by atoms with van der Waals surface area (Å²) in [7, 11) is 5.64. The van der Waals surface area contributed by atoms with Gasteiger partial charge >= 0.3 is 0 Å². The number of nitro groups is 1. The Bertz CT molecular complexity index is 410. The largest absolute Gasteiger partial charge is 0.373 e. The van der Waals surface area contributed by atoms with Crippen LogP contribution in [0.15, 0.2) is 18.2 Å². The van der Waals surface area contributed by atoms with Gasteiger partial charge in [-0.15, -0.1) is 0 Å². The average molecular weight is 241 g/mol. The molecule has 0 aliphatic rings. The van der Waals surface area contributed by atoms with Crippen LogP contribution in [0, 0.1) is 15.9 Å². The molecule has 0 saturated heterocycles. The summed E-state index contributed by atoms with van der Waals surface area (Å²) in [5.41, 5.74) is 0.287. The lowest BCUT2D eigenvalue weighted by Crippen LogP contribution is -2.28. The molecular weight excluding hydrogens is 225 g/mol. The summed E-state index contributed by atoms with van der Waals surface area (Å²) < 4.78 is 13.2. The molecule has 0 heterocycles. The van der Waals surface area contributed by atoms with E-state index in [1.807, 2.05) is 19.0 Å². The molecule has 1 aromatic carbocycles. The molecule has 0 aromatic heterocycles. The van der Waals surface area contributed by atoms with E-state index in [0.717, 1.165) is 12.6 Å². The van der Waals surface area contributed by atoms with Gasteiger partial charge in [-0.05, 0) is 20.2 Å². The van der Waals surface area contributed by atoms with Crippen molar-refractivity contribution in [2.75, 3.05) is 39.1 Å². The molecule has 6 heteroatoms. The summed E-state index contributed by atoms with van der Waals surface area (Å²) in [4.78, 5) is 13.8. The van der Waals surface area contributed by atoms with Gasteiger partial charge in [-0.1, -0.05) is 0 Å². The second kappa shape index (κ2) is 5.58. The minimum absolute atomic E-state index is 0.225. The van der Waals surface area contributed by atoms with E-state index in [2.05, 4.69) is 0 Å². The molecule has 1 rings (SSSR count). The van der Waals surface area contributed by atoms with Gasteiger partial charge in [0.1, 0.15) is 5.82 Å². The molecule has 17 heavy (non-hydrogen) atoms. The number of likely N-dealkylation sites (N-methyl/N-ethyl adjacent to an activating group) is 2. The van der Waals surface area contributed by atoms with Crippen LogP contribution in [0.25, 0.3) is 0 Å². The van der Waals surface area contributed by atoms with Crippen LogP contribution in [0.5, 0.6) is 0 Å². The molecule has 0 N–H and O–H groups in total. The number of halogens is 1. The van der Waals surface area contributed by atoms with E-state index >= 15 is 0 Å². The Hall–Kier alpha value is -1.69. The van der Waals surface area contributed by atoms with E-state index in [-0.39, 0.29) is 5.69 Å². The molecule has 0 unspecified atom stereocenters. The molecule has 0 saturated carbocycles. The van der Waals surface area contributed by atoms with Crippen molar-refractivity contribution < 1.29 is 9.31 Å². The van der Waals surface area contributed by atoms with Gasteiger partial charge in [0.2, 0.25) is 0 Å². The zero-order valence-corrected chi connectivity index (χ0v) is 10.2. The fourth-order valence-corrected chi connectivity index (χ4v) is 1.36. The van der Waals surface area contributed by atoms with Crippen LogP contribution in [0.4, 0.5) is 15.8 Å². The van der Waals surface area contributed by atoms with Crippen LogP contribution in [0.1, 0.15) is 0 Å². The third-order valence-corrected chi connectivity index (χ3v) is 2.40. The Labute approximate surface area is 99.6 Å². The predicted molar refractivity (Wildman–Crippen MR) is 64.9 cm³/mol. The lowest BCUT2D eigenvalue weighted by atomic mass is 10.2. The molecule has 0 spiro atoms. The van der Waals surface area contributed by atoms with E-state index in [0.29, 0.717) is 12.2 Å². The van der Waals surface area contributed by atoms with Crippen molar-refractivity contribution in [3.05, 3.63) is 34.1 Å². The number of rotatable bonds is 5. The Balaban J connectivity index is 2.86. The van der Waals surface area contributed by atoms with Gasteiger partial charge in [-0.25, -0.2) is 4.39 Å². The number of anilines is 1. The van der Waals surface area contributed by atoms with Crippen molar-refractivity contribution in [3.63, 3.8) is 0 Å². The monoisotopic (exact) mass is 241 g/mol.